The highest BCUT2D eigenvalue weighted by atomic mass is 35.5. The molecule has 0 saturated carbocycles. The van der Waals surface area contributed by atoms with Crippen molar-refractivity contribution in [2.45, 2.75) is 19.7 Å². The standard InChI is InChI=1S/C15H18ClN3O2/c1-4-21-14-6-5-12(7-11(14)8-16)18-15(20)13-9-17-19(3)10(13)2/h5-7,9H,4,8H2,1-3H3,(H,18,20). The van der Waals surface area contributed by atoms with Crippen molar-refractivity contribution < 1.29 is 9.53 Å². The summed E-state index contributed by atoms with van der Waals surface area (Å²) in [6.07, 6.45) is 1.56. The van der Waals surface area contributed by atoms with Gasteiger partial charge in [-0.2, -0.15) is 5.10 Å². The zero-order chi connectivity index (χ0) is 15.4. The summed E-state index contributed by atoms with van der Waals surface area (Å²) < 4.78 is 7.15. The molecule has 0 spiro atoms. The number of anilines is 1. The maximum Gasteiger partial charge on any atom is 0.259 e. The van der Waals surface area contributed by atoms with Crippen LogP contribution in [0.15, 0.2) is 24.4 Å². The average molecular weight is 308 g/mol. The molecule has 0 unspecified atom stereocenters. The minimum absolute atomic E-state index is 0.190. The molecule has 21 heavy (non-hydrogen) atoms. The number of nitrogens with one attached hydrogen (secondary N) is 1. The lowest BCUT2D eigenvalue weighted by atomic mass is 10.2. The first-order valence-electron chi connectivity index (χ1n) is 6.68. The molecule has 0 atom stereocenters. The van der Waals surface area contributed by atoms with Gasteiger partial charge in [0.2, 0.25) is 0 Å². The minimum Gasteiger partial charge on any atom is -0.494 e. The molecule has 2 rings (SSSR count). The SMILES string of the molecule is CCOc1ccc(NC(=O)c2cnn(C)c2C)cc1CCl. The van der Waals surface area contributed by atoms with E-state index in [0.717, 1.165) is 17.0 Å². The Balaban J connectivity index is 2.19. The highest BCUT2D eigenvalue weighted by Gasteiger charge is 2.13. The van der Waals surface area contributed by atoms with E-state index < -0.39 is 0 Å². The number of alkyl halides is 1. The molecule has 2 aromatic rings. The molecule has 0 aliphatic carbocycles. The summed E-state index contributed by atoms with van der Waals surface area (Å²) in [6, 6.07) is 5.43. The molecule has 1 aromatic heterocycles. The van der Waals surface area contributed by atoms with Gasteiger partial charge in [-0.15, -0.1) is 11.6 Å². The molecule has 0 aliphatic rings. The molecular formula is C15H18ClN3O2. The van der Waals surface area contributed by atoms with E-state index in [2.05, 4.69) is 10.4 Å². The summed E-state index contributed by atoms with van der Waals surface area (Å²) in [4.78, 5) is 12.2. The molecule has 6 heteroatoms. The number of amides is 1. The molecule has 1 heterocycles. The molecule has 0 bridgehead atoms. The van der Waals surface area contributed by atoms with Crippen LogP contribution in [0.2, 0.25) is 0 Å². The summed E-state index contributed by atoms with van der Waals surface area (Å²) >= 11 is 5.92. The first-order chi connectivity index (χ1) is 10.1. The molecule has 0 fully saturated rings. The number of nitrogens with zero attached hydrogens (tertiary/aromatic N) is 2. The molecule has 0 aliphatic heterocycles. The smallest absolute Gasteiger partial charge is 0.259 e. The lowest BCUT2D eigenvalue weighted by Gasteiger charge is -2.11. The predicted molar refractivity (Wildman–Crippen MR) is 83.1 cm³/mol. The van der Waals surface area contributed by atoms with Crippen molar-refractivity contribution in [2.75, 3.05) is 11.9 Å². The number of aromatic nitrogens is 2. The van der Waals surface area contributed by atoms with E-state index in [0.29, 0.717) is 23.7 Å². The molecule has 5 nitrogen and oxygen atoms in total. The zero-order valence-electron chi connectivity index (χ0n) is 12.3. The van der Waals surface area contributed by atoms with Crippen molar-refractivity contribution in [1.29, 1.82) is 0 Å². The molecule has 1 N–H and O–H groups in total. The zero-order valence-corrected chi connectivity index (χ0v) is 13.1. The maximum atomic E-state index is 12.2. The molecule has 1 amide bonds. The number of hydrogen-bond donors (Lipinski definition) is 1. The van der Waals surface area contributed by atoms with E-state index in [1.165, 1.54) is 0 Å². The molecule has 0 saturated heterocycles. The Hall–Kier alpha value is -2.01. The van der Waals surface area contributed by atoms with Crippen LogP contribution in [0.5, 0.6) is 5.75 Å². The van der Waals surface area contributed by atoms with Crippen LogP contribution in [-0.4, -0.2) is 22.3 Å². The topological polar surface area (TPSA) is 56.1 Å². The van der Waals surface area contributed by atoms with Crippen LogP contribution in [0.25, 0.3) is 0 Å². The van der Waals surface area contributed by atoms with Gasteiger partial charge < -0.3 is 10.1 Å². The van der Waals surface area contributed by atoms with Gasteiger partial charge in [0.05, 0.1) is 24.2 Å². The lowest BCUT2D eigenvalue weighted by molar-refractivity contribution is 0.102. The second kappa shape index (κ2) is 6.63. The number of ether oxygens (including phenoxy) is 1. The number of carbonyl (C=O) groups is 1. The average Bonchev–Trinajstić information content (AvgIpc) is 2.81. The van der Waals surface area contributed by atoms with Gasteiger partial charge in [-0.3, -0.25) is 9.48 Å². The van der Waals surface area contributed by atoms with Gasteiger partial charge >= 0.3 is 0 Å². The van der Waals surface area contributed by atoms with Gasteiger partial charge in [-0.1, -0.05) is 0 Å². The third-order valence-corrected chi connectivity index (χ3v) is 3.53. The number of benzene rings is 1. The van der Waals surface area contributed by atoms with Crippen molar-refractivity contribution in [1.82, 2.24) is 9.78 Å². The van der Waals surface area contributed by atoms with Crippen molar-refractivity contribution in [3.05, 3.63) is 41.2 Å². The molecule has 0 radical (unpaired) electrons. The van der Waals surface area contributed by atoms with Crippen LogP contribution in [0.4, 0.5) is 5.69 Å². The first kappa shape index (κ1) is 15.4. The third-order valence-electron chi connectivity index (χ3n) is 3.24. The molecule has 1 aromatic carbocycles. The largest absolute Gasteiger partial charge is 0.494 e. The van der Waals surface area contributed by atoms with Crippen LogP contribution in [0.1, 0.15) is 28.5 Å². The fourth-order valence-corrected chi connectivity index (χ4v) is 2.19. The predicted octanol–water partition coefficient (Wildman–Crippen LogP) is 3.12. The first-order valence-corrected chi connectivity index (χ1v) is 7.22. The second-order valence-corrected chi connectivity index (χ2v) is 4.88. The highest BCUT2D eigenvalue weighted by Crippen LogP contribution is 2.25. The van der Waals surface area contributed by atoms with E-state index >= 15 is 0 Å². The Morgan fingerprint density at radius 3 is 2.81 bits per heavy atom. The number of rotatable bonds is 5. The monoisotopic (exact) mass is 307 g/mol. The number of carbonyl (C=O) groups excluding carboxylic acids is 1. The minimum atomic E-state index is -0.190. The summed E-state index contributed by atoms with van der Waals surface area (Å²) in [5, 5.41) is 6.92. The number of halogens is 1. The van der Waals surface area contributed by atoms with Crippen molar-refractivity contribution in [2.24, 2.45) is 7.05 Å². The van der Waals surface area contributed by atoms with Crippen LogP contribution in [0, 0.1) is 6.92 Å². The fourth-order valence-electron chi connectivity index (χ4n) is 1.98. The molecular weight excluding hydrogens is 290 g/mol. The Bertz CT molecular complexity index is 652. The van der Waals surface area contributed by atoms with Crippen LogP contribution < -0.4 is 10.1 Å². The van der Waals surface area contributed by atoms with Gasteiger partial charge in [0.1, 0.15) is 5.75 Å². The number of aryl methyl sites for hydroxylation is 1. The summed E-state index contributed by atoms with van der Waals surface area (Å²) in [7, 11) is 1.80. The second-order valence-electron chi connectivity index (χ2n) is 4.61. The van der Waals surface area contributed by atoms with Gasteiger partial charge in [0.25, 0.3) is 5.91 Å². The maximum absolute atomic E-state index is 12.2. The Morgan fingerprint density at radius 2 is 2.24 bits per heavy atom. The van der Waals surface area contributed by atoms with E-state index in [-0.39, 0.29) is 5.91 Å². The summed E-state index contributed by atoms with van der Waals surface area (Å²) in [5.41, 5.74) is 2.90. The highest BCUT2D eigenvalue weighted by molar-refractivity contribution is 6.17. The van der Waals surface area contributed by atoms with Gasteiger partial charge in [-0.25, -0.2) is 0 Å². The number of hydrogen-bond acceptors (Lipinski definition) is 3. The summed E-state index contributed by atoms with van der Waals surface area (Å²) in [6.45, 7) is 4.34. The van der Waals surface area contributed by atoms with E-state index in [1.54, 1.807) is 24.0 Å². The van der Waals surface area contributed by atoms with E-state index in [4.69, 9.17) is 16.3 Å². The summed E-state index contributed by atoms with van der Waals surface area (Å²) in [5.74, 6) is 0.874. The van der Waals surface area contributed by atoms with Gasteiger partial charge in [0.15, 0.2) is 0 Å². The Morgan fingerprint density at radius 1 is 1.48 bits per heavy atom. The molecule has 112 valence electrons. The quantitative estimate of drug-likeness (QED) is 0.864. The third kappa shape index (κ3) is 3.36. The van der Waals surface area contributed by atoms with Gasteiger partial charge in [0, 0.05) is 24.0 Å². The van der Waals surface area contributed by atoms with Crippen LogP contribution in [-0.2, 0) is 12.9 Å². The van der Waals surface area contributed by atoms with E-state index in [9.17, 15) is 4.79 Å². The van der Waals surface area contributed by atoms with Crippen LogP contribution in [0.3, 0.4) is 0 Å². The lowest BCUT2D eigenvalue weighted by Crippen LogP contribution is -2.13. The normalized spacial score (nSPS) is 10.5. The van der Waals surface area contributed by atoms with E-state index in [1.807, 2.05) is 26.0 Å². The van der Waals surface area contributed by atoms with Crippen molar-refractivity contribution >= 4 is 23.2 Å². The van der Waals surface area contributed by atoms with Crippen molar-refractivity contribution in [3.8, 4) is 5.75 Å². The van der Waals surface area contributed by atoms with Crippen molar-refractivity contribution in [3.63, 3.8) is 0 Å². The van der Waals surface area contributed by atoms with Crippen LogP contribution >= 0.6 is 11.6 Å². The Kier molecular flexibility index (Phi) is 4.85. The fraction of sp³-hybridized carbons (Fsp3) is 0.333. The Labute approximate surface area is 128 Å². The van der Waals surface area contributed by atoms with Gasteiger partial charge in [-0.05, 0) is 32.0 Å².